The zero-order valence-electron chi connectivity index (χ0n) is 12.2. The fourth-order valence-electron chi connectivity index (χ4n) is 2.72. The van der Waals surface area contributed by atoms with E-state index in [1.54, 1.807) is 4.90 Å². The number of aliphatic carboxylic acids is 1. The van der Waals surface area contributed by atoms with Crippen LogP contribution in [-0.4, -0.2) is 89.6 Å². The van der Waals surface area contributed by atoms with Crippen LogP contribution in [0.3, 0.4) is 0 Å². The van der Waals surface area contributed by atoms with Crippen molar-refractivity contribution >= 4 is 17.9 Å². The van der Waals surface area contributed by atoms with Crippen LogP contribution in [0.4, 0.5) is 4.79 Å². The van der Waals surface area contributed by atoms with Crippen LogP contribution >= 0.6 is 0 Å². The summed E-state index contributed by atoms with van der Waals surface area (Å²) in [5, 5.41) is 11.7. The zero-order valence-corrected chi connectivity index (χ0v) is 12.2. The quantitative estimate of drug-likeness (QED) is 0.698. The fraction of sp³-hybridized carbons (Fsp3) is 0.769. The first-order valence-electron chi connectivity index (χ1n) is 7.30. The van der Waals surface area contributed by atoms with Gasteiger partial charge in [-0.3, -0.25) is 14.6 Å². The second kappa shape index (κ2) is 6.75. The largest absolute Gasteiger partial charge is 0.480 e. The molecule has 2 aliphatic heterocycles. The Kier molecular flexibility index (Phi) is 5.00. The highest BCUT2D eigenvalue weighted by Crippen LogP contribution is 2.11. The van der Waals surface area contributed by atoms with Crippen LogP contribution in [0.5, 0.6) is 0 Å². The molecule has 8 heteroatoms. The molecule has 0 bridgehead atoms. The van der Waals surface area contributed by atoms with Gasteiger partial charge in [-0.1, -0.05) is 6.92 Å². The Bertz CT molecular complexity index is 420. The highest BCUT2D eigenvalue weighted by molar-refractivity contribution is 5.90. The van der Waals surface area contributed by atoms with Gasteiger partial charge < -0.3 is 15.3 Å². The maximum Gasteiger partial charge on any atom is 0.328 e. The molecular weight excluding hydrogens is 276 g/mol. The lowest BCUT2D eigenvalue weighted by Gasteiger charge is -2.40. The molecule has 8 nitrogen and oxygen atoms in total. The van der Waals surface area contributed by atoms with Crippen molar-refractivity contribution in [2.45, 2.75) is 19.4 Å². The standard InChI is InChI=1S/C13H22N4O4/c1-2-3-15-4-6-16(7-5-15)13(21)17-9-11(18)14-8-10(17)12(19)20/h10H,2-9H2,1H3,(H,14,18)(H,19,20). The van der Waals surface area contributed by atoms with Gasteiger partial charge in [-0.25, -0.2) is 9.59 Å². The van der Waals surface area contributed by atoms with Gasteiger partial charge in [-0.2, -0.15) is 0 Å². The van der Waals surface area contributed by atoms with Crippen LogP contribution in [0.1, 0.15) is 13.3 Å². The summed E-state index contributed by atoms with van der Waals surface area (Å²) >= 11 is 0. The van der Waals surface area contributed by atoms with E-state index in [9.17, 15) is 19.5 Å². The number of carbonyl (C=O) groups is 3. The predicted octanol–water partition coefficient (Wildman–Crippen LogP) is -0.981. The SMILES string of the molecule is CCCN1CCN(C(=O)N2CC(=O)NCC2C(=O)O)CC1. The molecule has 0 saturated carbocycles. The summed E-state index contributed by atoms with van der Waals surface area (Å²) < 4.78 is 0. The molecule has 21 heavy (non-hydrogen) atoms. The Balaban J connectivity index is 1.97. The van der Waals surface area contributed by atoms with Crippen LogP contribution in [0.15, 0.2) is 0 Å². The molecule has 1 unspecified atom stereocenters. The maximum absolute atomic E-state index is 12.5. The van der Waals surface area contributed by atoms with Gasteiger partial charge in [0.25, 0.3) is 0 Å². The van der Waals surface area contributed by atoms with Gasteiger partial charge in [0.2, 0.25) is 5.91 Å². The molecule has 0 radical (unpaired) electrons. The number of amides is 3. The fourth-order valence-corrected chi connectivity index (χ4v) is 2.72. The van der Waals surface area contributed by atoms with Gasteiger partial charge in [-0.15, -0.1) is 0 Å². The molecule has 2 aliphatic rings. The molecule has 2 rings (SSSR count). The van der Waals surface area contributed by atoms with Crippen molar-refractivity contribution in [1.29, 1.82) is 0 Å². The molecule has 2 saturated heterocycles. The number of rotatable bonds is 3. The van der Waals surface area contributed by atoms with E-state index in [1.165, 1.54) is 0 Å². The van der Waals surface area contributed by atoms with Crippen molar-refractivity contribution in [3.63, 3.8) is 0 Å². The maximum atomic E-state index is 12.5. The summed E-state index contributed by atoms with van der Waals surface area (Å²) in [5.41, 5.74) is 0. The lowest BCUT2D eigenvalue weighted by molar-refractivity contribution is -0.144. The molecule has 2 N–H and O–H groups in total. The lowest BCUT2D eigenvalue weighted by Crippen LogP contribution is -2.63. The van der Waals surface area contributed by atoms with Crippen LogP contribution in [0.2, 0.25) is 0 Å². The monoisotopic (exact) mass is 298 g/mol. The average Bonchev–Trinajstić information content (AvgIpc) is 2.47. The topological polar surface area (TPSA) is 93.2 Å². The predicted molar refractivity (Wildman–Crippen MR) is 74.8 cm³/mol. The summed E-state index contributed by atoms with van der Waals surface area (Å²) in [7, 11) is 0. The van der Waals surface area contributed by atoms with Gasteiger partial charge in [-0.05, 0) is 13.0 Å². The van der Waals surface area contributed by atoms with E-state index in [0.717, 1.165) is 31.0 Å². The van der Waals surface area contributed by atoms with Gasteiger partial charge in [0.1, 0.15) is 12.6 Å². The van der Waals surface area contributed by atoms with Gasteiger partial charge in [0.05, 0.1) is 0 Å². The van der Waals surface area contributed by atoms with Gasteiger partial charge in [0.15, 0.2) is 0 Å². The lowest BCUT2D eigenvalue weighted by atomic mass is 10.2. The van der Waals surface area contributed by atoms with E-state index in [1.807, 2.05) is 0 Å². The van der Waals surface area contributed by atoms with Crippen molar-refractivity contribution in [3.8, 4) is 0 Å². The highest BCUT2D eigenvalue weighted by Gasteiger charge is 2.37. The Labute approximate surface area is 123 Å². The Hall–Kier alpha value is -1.83. The zero-order chi connectivity index (χ0) is 15.4. The van der Waals surface area contributed by atoms with Gasteiger partial charge >= 0.3 is 12.0 Å². The number of hydrogen-bond acceptors (Lipinski definition) is 4. The smallest absolute Gasteiger partial charge is 0.328 e. The van der Waals surface area contributed by atoms with Crippen LogP contribution in [0, 0.1) is 0 Å². The minimum Gasteiger partial charge on any atom is -0.480 e. The Morgan fingerprint density at radius 1 is 1.29 bits per heavy atom. The van der Waals surface area contributed by atoms with Gasteiger partial charge in [0, 0.05) is 32.7 Å². The minimum atomic E-state index is -1.09. The molecule has 0 aromatic carbocycles. The number of nitrogens with zero attached hydrogens (tertiary/aromatic N) is 3. The van der Waals surface area contributed by atoms with Crippen molar-refractivity contribution < 1.29 is 19.5 Å². The van der Waals surface area contributed by atoms with Crippen molar-refractivity contribution in [2.75, 3.05) is 45.8 Å². The normalized spacial score (nSPS) is 23.9. The summed E-state index contributed by atoms with van der Waals surface area (Å²) in [6.45, 7) is 5.62. The molecule has 118 valence electrons. The third-order valence-corrected chi connectivity index (χ3v) is 3.90. The summed E-state index contributed by atoms with van der Waals surface area (Å²) in [6, 6.07) is -1.34. The Morgan fingerprint density at radius 2 is 1.95 bits per heavy atom. The molecular formula is C13H22N4O4. The number of urea groups is 1. The number of carboxylic acid groups (broad SMARTS) is 1. The number of piperazine rings is 2. The van der Waals surface area contributed by atoms with Crippen molar-refractivity contribution in [1.82, 2.24) is 20.0 Å². The van der Waals surface area contributed by atoms with Crippen LogP contribution in [0.25, 0.3) is 0 Å². The van der Waals surface area contributed by atoms with Crippen LogP contribution < -0.4 is 5.32 Å². The second-order valence-electron chi connectivity index (χ2n) is 5.40. The molecule has 3 amide bonds. The first-order valence-corrected chi connectivity index (χ1v) is 7.30. The minimum absolute atomic E-state index is 0.0320. The molecule has 1 atom stereocenters. The molecule has 0 aromatic rings. The van der Waals surface area contributed by atoms with E-state index in [-0.39, 0.29) is 25.0 Å². The molecule has 2 fully saturated rings. The van der Waals surface area contributed by atoms with Crippen molar-refractivity contribution in [3.05, 3.63) is 0 Å². The van der Waals surface area contributed by atoms with E-state index in [0.29, 0.717) is 13.1 Å². The first-order chi connectivity index (χ1) is 10.0. The molecule has 0 aliphatic carbocycles. The molecule has 0 spiro atoms. The third kappa shape index (κ3) is 3.63. The van der Waals surface area contributed by atoms with E-state index < -0.39 is 12.0 Å². The molecule has 2 heterocycles. The Morgan fingerprint density at radius 3 is 2.52 bits per heavy atom. The van der Waals surface area contributed by atoms with E-state index >= 15 is 0 Å². The number of nitrogens with one attached hydrogen (secondary N) is 1. The summed E-state index contributed by atoms with van der Waals surface area (Å²) in [4.78, 5) is 40.2. The van der Waals surface area contributed by atoms with Crippen LogP contribution in [-0.2, 0) is 9.59 Å². The second-order valence-corrected chi connectivity index (χ2v) is 5.40. The average molecular weight is 298 g/mol. The first kappa shape index (κ1) is 15.6. The summed E-state index contributed by atoms with van der Waals surface area (Å²) in [6.07, 6.45) is 1.07. The van der Waals surface area contributed by atoms with E-state index in [2.05, 4.69) is 17.1 Å². The molecule has 0 aromatic heterocycles. The number of carbonyl (C=O) groups excluding carboxylic acids is 2. The van der Waals surface area contributed by atoms with Crippen molar-refractivity contribution in [2.24, 2.45) is 0 Å². The number of hydrogen-bond donors (Lipinski definition) is 2. The third-order valence-electron chi connectivity index (χ3n) is 3.90. The summed E-state index contributed by atoms with van der Waals surface area (Å²) in [5.74, 6) is -1.40. The number of carboxylic acids is 1. The van der Waals surface area contributed by atoms with E-state index in [4.69, 9.17) is 0 Å². The highest BCUT2D eigenvalue weighted by atomic mass is 16.4.